The Hall–Kier alpha value is -2.41. The molecule has 0 atom stereocenters. The molecule has 2 amide bonds. The Morgan fingerprint density at radius 2 is 2.00 bits per heavy atom. The Morgan fingerprint density at radius 1 is 1.23 bits per heavy atom. The Bertz CT molecular complexity index is 811. The lowest BCUT2D eigenvalue weighted by molar-refractivity contribution is -0.123. The van der Waals surface area contributed by atoms with Gasteiger partial charge in [0, 0.05) is 25.2 Å². The summed E-state index contributed by atoms with van der Waals surface area (Å²) >= 11 is 3.19. The van der Waals surface area contributed by atoms with Crippen molar-refractivity contribution in [2.45, 2.75) is 19.4 Å². The summed E-state index contributed by atoms with van der Waals surface area (Å²) in [6.45, 7) is 0.955. The van der Waals surface area contributed by atoms with Crippen molar-refractivity contribution in [1.82, 2.24) is 5.32 Å². The highest BCUT2D eigenvalue weighted by Gasteiger charge is 2.21. The first-order valence-electron chi connectivity index (χ1n) is 8.27. The fourth-order valence-electron chi connectivity index (χ4n) is 2.70. The van der Waals surface area contributed by atoms with Crippen LogP contribution in [0.3, 0.4) is 0 Å². The van der Waals surface area contributed by atoms with Crippen LogP contribution in [0.4, 0.5) is 10.1 Å². The Labute approximate surface area is 159 Å². The van der Waals surface area contributed by atoms with Gasteiger partial charge in [0.05, 0.1) is 4.47 Å². The topological polar surface area (TPSA) is 58.6 Å². The Kier molecular flexibility index (Phi) is 5.88. The van der Waals surface area contributed by atoms with E-state index in [0.29, 0.717) is 23.2 Å². The summed E-state index contributed by atoms with van der Waals surface area (Å²) in [5, 5.41) is 2.76. The van der Waals surface area contributed by atoms with Gasteiger partial charge in [-0.25, -0.2) is 4.39 Å². The van der Waals surface area contributed by atoms with Gasteiger partial charge in [-0.2, -0.15) is 0 Å². The second-order valence-corrected chi connectivity index (χ2v) is 6.81. The minimum atomic E-state index is -0.382. The second-order valence-electron chi connectivity index (χ2n) is 5.96. The lowest BCUT2D eigenvalue weighted by atomic mass is 10.2. The van der Waals surface area contributed by atoms with E-state index in [4.69, 9.17) is 4.74 Å². The Morgan fingerprint density at radius 3 is 2.65 bits per heavy atom. The fourth-order valence-corrected chi connectivity index (χ4v) is 3.17. The minimum absolute atomic E-state index is 0.148. The quantitative estimate of drug-likeness (QED) is 0.778. The highest BCUT2D eigenvalue weighted by Crippen LogP contribution is 2.25. The van der Waals surface area contributed by atoms with E-state index in [-0.39, 0.29) is 24.2 Å². The van der Waals surface area contributed by atoms with Crippen molar-refractivity contribution >= 4 is 33.4 Å². The zero-order valence-corrected chi connectivity index (χ0v) is 15.6. The van der Waals surface area contributed by atoms with Crippen molar-refractivity contribution < 1.29 is 18.7 Å². The number of nitrogens with one attached hydrogen (secondary N) is 1. The highest BCUT2D eigenvalue weighted by molar-refractivity contribution is 9.10. The molecule has 2 aromatic carbocycles. The molecule has 1 saturated heterocycles. The van der Waals surface area contributed by atoms with Gasteiger partial charge in [-0.1, -0.05) is 12.1 Å². The number of halogens is 2. The first kappa shape index (κ1) is 18.4. The predicted molar refractivity (Wildman–Crippen MR) is 99.5 cm³/mol. The molecular formula is C19H18BrFN2O3. The van der Waals surface area contributed by atoms with Crippen molar-refractivity contribution in [2.24, 2.45) is 0 Å². The molecular weight excluding hydrogens is 403 g/mol. The van der Waals surface area contributed by atoms with E-state index in [1.165, 1.54) is 18.2 Å². The number of ether oxygens (including phenoxy) is 1. The van der Waals surface area contributed by atoms with Gasteiger partial charge in [0.1, 0.15) is 11.6 Å². The summed E-state index contributed by atoms with van der Waals surface area (Å²) in [6.07, 6.45) is 1.49. The van der Waals surface area contributed by atoms with Gasteiger partial charge in [-0.05, 0) is 58.2 Å². The number of amides is 2. The summed E-state index contributed by atoms with van der Waals surface area (Å²) in [4.78, 5) is 25.4. The zero-order chi connectivity index (χ0) is 18.5. The summed E-state index contributed by atoms with van der Waals surface area (Å²) in [5.41, 5.74) is 1.81. The van der Waals surface area contributed by atoms with Crippen LogP contribution in [0.5, 0.6) is 5.75 Å². The van der Waals surface area contributed by atoms with E-state index in [0.717, 1.165) is 24.2 Å². The number of nitrogens with zero attached hydrogens (tertiary/aromatic N) is 1. The van der Waals surface area contributed by atoms with Crippen LogP contribution in [-0.2, 0) is 16.1 Å². The normalized spacial score (nSPS) is 13.8. The lowest BCUT2D eigenvalue weighted by Crippen LogP contribution is -2.28. The molecule has 26 heavy (non-hydrogen) atoms. The number of benzene rings is 2. The number of anilines is 1. The van der Waals surface area contributed by atoms with E-state index in [9.17, 15) is 14.0 Å². The molecule has 7 heteroatoms. The summed E-state index contributed by atoms with van der Waals surface area (Å²) in [6, 6.07) is 11.6. The van der Waals surface area contributed by atoms with Gasteiger partial charge in [0.25, 0.3) is 5.91 Å². The van der Waals surface area contributed by atoms with Gasteiger partial charge < -0.3 is 15.0 Å². The van der Waals surface area contributed by atoms with Crippen LogP contribution in [0, 0.1) is 5.82 Å². The van der Waals surface area contributed by atoms with Gasteiger partial charge >= 0.3 is 0 Å². The maximum atomic E-state index is 13.0. The smallest absolute Gasteiger partial charge is 0.258 e. The highest BCUT2D eigenvalue weighted by atomic mass is 79.9. The van der Waals surface area contributed by atoms with Crippen LogP contribution < -0.4 is 15.0 Å². The number of carbonyl (C=O) groups excluding carboxylic acids is 2. The summed E-state index contributed by atoms with van der Waals surface area (Å²) < 4.78 is 18.8. The first-order chi connectivity index (χ1) is 12.5. The third-order valence-corrected chi connectivity index (χ3v) is 4.68. The molecule has 3 rings (SSSR count). The average Bonchev–Trinajstić information content (AvgIpc) is 3.05. The lowest BCUT2D eigenvalue weighted by Gasteiger charge is -2.16. The molecule has 1 aliphatic heterocycles. The largest absolute Gasteiger partial charge is 0.483 e. The average molecular weight is 421 g/mol. The number of hydrogen-bond acceptors (Lipinski definition) is 3. The molecule has 1 aliphatic rings. The molecule has 0 bridgehead atoms. The molecule has 0 saturated carbocycles. The van der Waals surface area contributed by atoms with Crippen LogP contribution in [0.15, 0.2) is 46.9 Å². The minimum Gasteiger partial charge on any atom is -0.483 e. The van der Waals surface area contributed by atoms with E-state index >= 15 is 0 Å². The number of rotatable bonds is 6. The third kappa shape index (κ3) is 4.60. The van der Waals surface area contributed by atoms with Gasteiger partial charge in [0.2, 0.25) is 5.91 Å². The zero-order valence-electron chi connectivity index (χ0n) is 14.0. The van der Waals surface area contributed by atoms with E-state index in [2.05, 4.69) is 21.2 Å². The molecule has 2 aromatic rings. The van der Waals surface area contributed by atoms with Crippen molar-refractivity contribution in [3.05, 3.63) is 58.3 Å². The maximum Gasteiger partial charge on any atom is 0.258 e. The van der Waals surface area contributed by atoms with E-state index in [1.54, 1.807) is 4.90 Å². The molecule has 1 heterocycles. The monoisotopic (exact) mass is 420 g/mol. The van der Waals surface area contributed by atoms with Gasteiger partial charge in [-0.15, -0.1) is 0 Å². The molecule has 0 spiro atoms. The van der Waals surface area contributed by atoms with Crippen LogP contribution >= 0.6 is 15.9 Å². The van der Waals surface area contributed by atoms with Crippen LogP contribution in [0.1, 0.15) is 18.4 Å². The van der Waals surface area contributed by atoms with Crippen molar-refractivity contribution in [3.63, 3.8) is 0 Å². The van der Waals surface area contributed by atoms with Crippen molar-refractivity contribution in [3.8, 4) is 5.75 Å². The van der Waals surface area contributed by atoms with E-state index in [1.807, 2.05) is 24.3 Å². The number of hydrogen-bond donors (Lipinski definition) is 1. The summed E-state index contributed by atoms with van der Waals surface area (Å²) in [7, 11) is 0. The maximum absolute atomic E-state index is 13.0. The third-order valence-electron chi connectivity index (χ3n) is 4.06. The molecule has 0 radical (unpaired) electrons. The molecule has 1 fully saturated rings. The predicted octanol–water partition coefficient (Wildman–Crippen LogP) is 3.41. The second kappa shape index (κ2) is 8.31. The first-order valence-corrected chi connectivity index (χ1v) is 9.06. The van der Waals surface area contributed by atoms with Gasteiger partial charge in [-0.3, -0.25) is 9.59 Å². The Balaban J connectivity index is 1.47. The number of carbonyl (C=O) groups is 2. The molecule has 136 valence electrons. The van der Waals surface area contributed by atoms with Crippen LogP contribution in [-0.4, -0.2) is 25.0 Å². The molecule has 0 unspecified atom stereocenters. The molecule has 0 aromatic heterocycles. The van der Waals surface area contributed by atoms with Crippen molar-refractivity contribution in [1.29, 1.82) is 0 Å². The standard InChI is InChI=1S/C19H18BrFN2O3/c20-16-10-14(21)5-8-17(16)26-12-18(24)22-11-13-3-6-15(7-4-13)23-9-1-2-19(23)25/h3-8,10H,1-2,9,11-12H2,(H,22,24). The fraction of sp³-hybridized carbons (Fsp3) is 0.263. The molecule has 1 N–H and O–H groups in total. The van der Waals surface area contributed by atoms with Crippen molar-refractivity contribution in [2.75, 3.05) is 18.1 Å². The SMILES string of the molecule is O=C(COc1ccc(F)cc1Br)NCc1ccc(N2CCCC2=O)cc1. The van der Waals surface area contributed by atoms with Crippen LogP contribution in [0.25, 0.3) is 0 Å². The molecule has 0 aliphatic carbocycles. The van der Waals surface area contributed by atoms with Gasteiger partial charge in [0.15, 0.2) is 6.61 Å². The van der Waals surface area contributed by atoms with E-state index < -0.39 is 0 Å². The van der Waals surface area contributed by atoms with Crippen LogP contribution in [0.2, 0.25) is 0 Å². The summed E-state index contributed by atoms with van der Waals surface area (Å²) in [5.74, 6) is -0.107. The molecule has 5 nitrogen and oxygen atoms in total.